The van der Waals surface area contributed by atoms with Gasteiger partial charge in [-0.25, -0.2) is 0 Å². The van der Waals surface area contributed by atoms with Gasteiger partial charge in [0.25, 0.3) is 0 Å². The zero-order chi connectivity index (χ0) is 14.8. The minimum atomic E-state index is -1.16. The van der Waals surface area contributed by atoms with Crippen LogP contribution >= 0.6 is 0 Å². The summed E-state index contributed by atoms with van der Waals surface area (Å²) in [6.45, 7) is 2.00. The molecule has 0 aliphatic carbocycles. The lowest BCUT2D eigenvalue weighted by Crippen LogP contribution is -2.22. The van der Waals surface area contributed by atoms with E-state index < -0.39 is 5.97 Å². The van der Waals surface area contributed by atoms with E-state index in [-0.39, 0.29) is 5.56 Å². The first-order chi connectivity index (χ1) is 10.2. The lowest BCUT2D eigenvalue weighted by Gasteiger charge is -2.13. The van der Waals surface area contributed by atoms with Crippen LogP contribution in [0.4, 0.5) is 0 Å². The van der Waals surface area contributed by atoms with Gasteiger partial charge < -0.3 is 14.5 Å². The van der Waals surface area contributed by atoms with E-state index in [1.54, 1.807) is 18.2 Å². The van der Waals surface area contributed by atoms with Crippen LogP contribution in [0, 0.1) is 6.92 Å². The Hall–Kier alpha value is -2.81. The summed E-state index contributed by atoms with van der Waals surface area (Å²) in [6.07, 6.45) is 0. The van der Waals surface area contributed by atoms with E-state index in [1.165, 1.54) is 0 Å². The van der Waals surface area contributed by atoms with Gasteiger partial charge in [0.05, 0.1) is 11.7 Å². The number of carboxylic acids is 1. The molecule has 0 saturated carbocycles. The first-order valence-electron chi connectivity index (χ1n) is 6.72. The largest absolute Gasteiger partial charge is 0.545 e. The number of hydrogen-bond donors (Lipinski definition) is 0. The summed E-state index contributed by atoms with van der Waals surface area (Å²) < 4.78 is 2.04. The average molecular weight is 276 g/mol. The second-order valence-corrected chi connectivity index (χ2v) is 4.90. The molecule has 0 aliphatic heterocycles. The number of aromatic nitrogens is 1. The van der Waals surface area contributed by atoms with E-state index in [1.807, 2.05) is 60.0 Å². The van der Waals surface area contributed by atoms with Gasteiger partial charge in [-0.3, -0.25) is 0 Å². The Labute approximate surface area is 123 Å². The summed E-state index contributed by atoms with van der Waals surface area (Å²) in [5, 5.41) is 11.0. The van der Waals surface area contributed by atoms with E-state index in [9.17, 15) is 9.90 Å². The van der Waals surface area contributed by atoms with Crippen LogP contribution in [-0.2, 0) is 0 Å². The van der Waals surface area contributed by atoms with Crippen molar-refractivity contribution in [1.82, 2.24) is 4.57 Å². The highest BCUT2D eigenvalue weighted by Crippen LogP contribution is 2.26. The van der Waals surface area contributed by atoms with Crippen LogP contribution in [0.25, 0.3) is 16.9 Å². The number of benzene rings is 2. The second kappa shape index (κ2) is 5.29. The second-order valence-electron chi connectivity index (χ2n) is 4.90. The molecule has 21 heavy (non-hydrogen) atoms. The molecular weight excluding hydrogens is 262 g/mol. The van der Waals surface area contributed by atoms with Crippen molar-refractivity contribution in [2.75, 3.05) is 0 Å². The first kappa shape index (κ1) is 13.2. The molecule has 3 rings (SSSR count). The fraction of sp³-hybridized carbons (Fsp3) is 0.0556. The highest BCUT2D eigenvalue weighted by Gasteiger charge is 2.09. The molecule has 3 heteroatoms. The highest BCUT2D eigenvalue weighted by atomic mass is 16.4. The van der Waals surface area contributed by atoms with Crippen LogP contribution in [0.15, 0.2) is 66.7 Å². The molecule has 0 radical (unpaired) electrons. The molecule has 2 aromatic carbocycles. The lowest BCUT2D eigenvalue weighted by molar-refractivity contribution is -0.255. The minimum absolute atomic E-state index is 0.180. The maximum atomic E-state index is 11.0. The predicted molar refractivity (Wildman–Crippen MR) is 80.3 cm³/mol. The molecule has 3 nitrogen and oxygen atoms in total. The Kier molecular flexibility index (Phi) is 3.32. The highest BCUT2D eigenvalue weighted by molar-refractivity contribution is 5.86. The molecule has 0 amide bonds. The van der Waals surface area contributed by atoms with Crippen LogP contribution in [0.1, 0.15) is 16.1 Å². The van der Waals surface area contributed by atoms with Crippen molar-refractivity contribution in [1.29, 1.82) is 0 Å². The Morgan fingerprint density at radius 2 is 1.71 bits per heavy atom. The Morgan fingerprint density at radius 3 is 2.43 bits per heavy atom. The number of aryl methyl sites for hydroxylation is 1. The van der Waals surface area contributed by atoms with Crippen LogP contribution < -0.4 is 5.11 Å². The molecule has 0 atom stereocenters. The molecule has 0 unspecified atom stereocenters. The summed E-state index contributed by atoms with van der Waals surface area (Å²) >= 11 is 0. The monoisotopic (exact) mass is 276 g/mol. The fourth-order valence-electron chi connectivity index (χ4n) is 2.49. The number of aromatic carboxylic acids is 1. The molecule has 104 valence electrons. The van der Waals surface area contributed by atoms with Gasteiger partial charge in [0, 0.05) is 11.4 Å². The molecule has 0 fully saturated rings. The molecule has 1 heterocycles. The van der Waals surface area contributed by atoms with Crippen molar-refractivity contribution in [2.24, 2.45) is 0 Å². The SMILES string of the molecule is Cc1ccc(-c2ccccc2)n1-c1cccc(C(=O)[O-])c1. The molecular formula is C18H14NO2-. The first-order valence-corrected chi connectivity index (χ1v) is 6.72. The van der Waals surface area contributed by atoms with E-state index in [4.69, 9.17) is 0 Å². The van der Waals surface area contributed by atoms with Crippen LogP contribution in [0.3, 0.4) is 0 Å². The molecule has 0 spiro atoms. The van der Waals surface area contributed by atoms with Crippen LogP contribution in [0.2, 0.25) is 0 Å². The standard InChI is InChI=1S/C18H15NO2/c1-13-10-11-17(14-6-3-2-4-7-14)19(13)16-9-5-8-15(12-16)18(20)21/h2-12H,1H3,(H,20,21)/p-1. The summed E-state index contributed by atoms with van der Waals surface area (Å²) in [5.41, 5.74) is 4.16. The zero-order valence-electron chi connectivity index (χ0n) is 11.6. The average Bonchev–Trinajstić information content (AvgIpc) is 2.90. The van der Waals surface area contributed by atoms with Crippen molar-refractivity contribution in [3.05, 3.63) is 78.0 Å². The molecule has 0 N–H and O–H groups in total. The van der Waals surface area contributed by atoms with Crippen molar-refractivity contribution >= 4 is 5.97 Å². The minimum Gasteiger partial charge on any atom is -0.545 e. The van der Waals surface area contributed by atoms with Gasteiger partial charge in [0.1, 0.15) is 0 Å². The van der Waals surface area contributed by atoms with Gasteiger partial charge in [-0.2, -0.15) is 0 Å². The van der Waals surface area contributed by atoms with E-state index in [2.05, 4.69) is 0 Å². The Balaban J connectivity index is 2.17. The van der Waals surface area contributed by atoms with Crippen molar-refractivity contribution in [3.8, 4) is 16.9 Å². The van der Waals surface area contributed by atoms with Crippen LogP contribution in [0.5, 0.6) is 0 Å². The normalized spacial score (nSPS) is 10.5. The van der Waals surface area contributed by atoms with Crippen molar-refractivity contribution < 1.29 is 9.90 Å². The van der Waals surface area contributed by atoms with Crippen LogP contribution in [-0.4, -0.2) is 10.5 Å². The van der Waals surface area contributed by atoms with Crippen molar-refractivity contribution in [3.63, 3.8) is 0 Å². The number of carbonyl (C=O) groups excluding carboxylic acids is 1. The third kappa shape index (κ3) is 2.46. The third-order valence-electron chi connectivity index (χ3n) is 3.49. The van der Waals surface area contributed by atoms with Gasteiger partial charge in [-0.1, -0.05) is 42.5 Å². The van der Waals surface area contributed by atoms with Gasteiger partial charge >= 0.3 is 0 Å². The smallest absolute Gasteiger partial charge is 0.0716 e. The molecule has 0 aliphatic rings. The van der Waals surface area contributed by atoms with E-state index >= 15 is 0 Å². The molecule has 0 saturated heterocycles. The summed E-state index contributed by atoms with van der Waals surface area (Å²) in [7, 11) is 0. The molecule has 0 bridgehead atoms. The maximum Gasteiger partial charge on any atom is 0.0716 e. The third-order valence-corrected chi connectivity index (χ3v) is 3.49. The number of hydrogen-bond acceptors (Lipinski definition) is 2. The number of rotatable bonds is 3. The number of carboxylic acid groups (broad SMARTS) is 1. The Bertz CT molecular complexity index is 788. The van der Waals surface area contributed by atoms with Gasteiger partial charge in [0.2, 0.25) is 0 Å². The quantitative estimate of drug-likeness (QED) is 0.738. The van der Waals surface area contributed by atoms with Gasteiger partial charge in [-0.05, 0) is 42.3 Å². The van der Waals surface area contributed by atoms with Crippen molar-refractivity contribution in [2.45, 2.75) is 6.92 Å². The zero-order valence-corrected chi connectivity index (χ0v) is 11.6. The van der Waals surface area contributed by atoms with E-state index in [0.717, 1.165) is 22.6 Å². The summed E-state index contributed by atoms with van der Waals surface area (Å²) in [4.78, 5) is 11.0. The fourth-order valence-corrected chi connectivity index (χ4v) is 2.49. The summed E-state index contributed by atoms with van der Waals surface area (Å²) in [6, 6.07) is 20.9. The molecule has 1 aromatic heterocycles. The van der Waals surface area contributed by atoms with E-state index in [0.29, 0.717) is 0 Å². The lowest BCUT2D eigenvalue weighted by atomic mass is 10.1. The summed E-state index contributed by atoms with van der Waals surface area (Å²) in [5.74, 6) is -1.16. The van der Waals surface area contributed by atoms with Gasteiger partial charge in [0.15, 0.2) is 0 Å². The van der Waals surface area contributed by atoms with Gasteiger partial charge in [-0.15, -0.1) is 0 Å². The topological polar surface area (TPSA) is 45.1 Å². The number of carbonyl (C=O) groups is 1. The predicted octanol–water partition coefficient (Wildman–Crippen LogP) is 2.82. The Morgan fingerprint density at radius 1 is 0.952 bits per heavy atom. The maximum absolute atomic E-state index is 11.0. The number of nitrogens with zero attached hydrogens (tertiary/aromatic N) is 1. The molecule has 3 aromatic rings.